The average molecular weight is 398 g/mol. The van der Waals surface area contributed by atoms with Gasteiger partial charge in [-0.05, 0) is 36.6 Å². The molecular weight excluding hydrogens is 377 g/mol. The van der Waals surface area contributed by atoms with Crippen molar-refractivity contribution < 1.29 is 9.18 Å². The van der Waals surface area contributed by atoms with Gasteiger partial charge >= 0.3 is 0 Å². The van der Waals surface area contributed by atoms with Crippen molar-refractivity contribution in [3.8, 4) is 0 Å². The molecule has 6 heteroatoms. The van der Waals surface area contributed by atoms with Gasteiger partial charge in [0.15, 0.2) is 0 Å². The third kappa shape index (κ3) is 3.80. The van der Waals surface area contributed by atoms with Crippen molar-refractivity contribution in [1.29, 1.82) is 0 Å². The topological polar surface area (TPSA) is 38.1 Å². The highest BCUT2D eigenvalue weighted by Gasteiger charge is 2.26. The quantitative estimate of drug-likeness (QED) is 0.663. The smallest absolute Gasteiger partial charge is 0.227 e. The van der Waals surface area contributed by atoms with Crippen molar-refractivity contribution in [3.05, 3.63) is 87.4 Å². The minimum absolute atomic E-state index is 0.0972. The van der Waals surface area contributed by atoms with Crippen LogP contribution in [0.5, 0.6) is 0 Å². The number of carbonyl (C=O) groups is 1. The molecule has 2 aromatic carbocycles. The number of aromatic nitrogens is 2. The Labute approximate surface area is 168 Å². The number of fused-ring (bicyclic) bond motifs is 1. The maximum atomic E-state index is 14.2. The summed E-state index contributed by atoms with van der Waals surface area (Å²) in [7, 11) is 0. The first kappa shape index (κ1) is 18.7. The van der Waals surface area contributed by atoms with Crippen LogP contribution in [0.2, 0.25) is 5.02 Å². The van der Waals surface area contributed by atoms with Gasteiger partial charge in [0.25, 0.3) is 0 Å². The molecule has 0 unspecified atom stereocenters. The molecular formula is C22H21ClFN3O. The monoisotopic (exact) mass is 397 g/mol. The van der Waals surface area contributed by atoms with E-state index in [9.17, 15) is 9.18 Å². The molecule has 1 aliphatic rings. The van der Waals surface area contributed by atoms with Crippen LogP contribution < -0.4 is 0 Å². The zero-order chi connectivity index (χ0) is 19.7. The van der Waals surface area contributed by atoms with Crippen molar-refractivity contribution in [3.63, 3.8) is 0 Å². The zero-order valence-electron chi connectivity index (χ0n) is 15.7. The van der Waals surface area contributed by atoms with Gasteiger partial charge < -0.3 is 4.90 Å². The zero-order valence-corrected chi connectivity index (χ0v) is 16.4. The third-order valence-corrected chi connectivity index (χ3v) is 5.46. The van der Waals surface area contributed by atoms with E-state index in [4.69, 9.17) is 11.6 Å². The SMILES string of the molecule is Cc1nn(Cc2ccc(Cl)cc2F)c2c1CCN(C(=O)Cc1ccccc1)C2. The normalized spacial score (nSPS) is 13.5. The van der Waals surface area contributed by atoms with E-state index < -0.39 is 0 Å². The Morgan fingerprint density at radius 2 is 2.00 bits per heavy atom. The lowest BCUT2D eigenvalue weighted by Crippen LogP contribution is -2.37. The number of halogens is 2. The molecule has 1 aliphatic heterocycles. The van der Waals surface area contributed by atoms with Gasteiger partial charge in [0.1, 0.15) is 5.82 Å². The molecule has 0 atom stereocenters. The number of hydrogen-bond donors (Lipinski definition) is 0. The van der Waals surface area contributed by atoms with Crippen LogP contribution in [0.15, 0.2) is 48.5 Å². The molecule has 2 heterocycles. The van der Waals surface area contributed by atoms with Crippen LogP contribution in [-0.2, 0) is 30.7 Å². The van der Waals surface area contributed by atoms with Gasteiger partial charge in [-0.25, -0.2) is 4.39 Å². The van der Waals surface area contributed by atoms with Crippen molar-refractivity contribution in [2.75, 3.05) is 6.54 Å². The molecule has 1 aromatic heterocycles. The summed E-state index contributed by atoms with van der Waals surface area (Å²) in [5.74, 6) is -0.248. The van der Waals surface area contributed by atoms with Crippen molar-refractivity contribution >= 4 is 17.5 Å². The summed E-state index contributed by atoms with van der Waals surface area (Å²) in [5.41, 5.74) is 4.63. The fourth-order valence-corrected chi connectivity index (χ4v) is 3.87. The number of carbonyl (C=O) groups excluding carboxylic acids is 1. The lowest BCUT2D eigenvalue weighted by Gasteiger charge is -2.28. The summed E-state index contributed by atoms with van der Waals surface area (Å²) in [4.78, 5) is 14.6. The second-order valence-electron chi connectivity index (χ2n) is 7.13. The molecule has 0 fully saturated rings. The summed E-state index contributed by atoms with van der Waals surface area (Å²) in [6.45, 7) is 3.46. The largest absolute Gasteiger partial charge is 0.336 e. The van der Waals surface area contributed by atoms with Crippen LogP contribution in [0, 0.1) is 12.7 Å². The highest BCUT2D eigenvalue weighted by atomic mass is 35.5. The van der Waals surface area contributed by atoms with Crippen molar-refractivity contribution in [2.24, 2.45) is 0 Å². The fraction of sp³-hybridized carbons (Fsp3) is 0.273. The molecule has 0 N–H and O–H groups in total. The van der Waals surface area contributed by atoms with Crippen LogP contribution in [0.3, 0.4) is 0 Å². The molecule has 0 radical (unpaired) electrons. The Morgan fingerprint density at radius 3 is 2.75 bits per heavy atom. The first-order chi connectivity index (χ1) is 13.5. The van der Waals surface area contributed by atoms with Gasteiger partial charge in [0.05, 0.1) is 30.9 Å². The third-order valence-electron chi connectivity index (χ3n) is 5.23. The number of nitrogens with zero attached hydrogens (tertiary/aromatic N) is 3. The van der Waals surface area contributed by atoms with Crippen molar-refractivity contribution in [1.82, 2.24) is 14.7 Å². The molecule has 4 nitrogen and oxygen atoms in total. The summed E-state index contributed by atoms with van der Waals surface area (Å²) in [6.07, 6.45) is 1.15. The molecule has 4 rings (SSSR count). The van der Waals surface area contributed by atoms with E-state index in [1.807, 2.05) is 46.8 Å². The van der Waals surface area contributed by atoms with Gasteiger partial charge in [-0.3, -0.25) is 9.48 Å². The van der Waals surface area contributed by atoms with Crippen LogP contribution in [0.1, 0.15) is 28.1 Å². The second kappa shape index (κ2) is 7.76. The number of aryl methyl sites for hydroxylation is 1. The predicted molar refractivity (Wildman–Crippen MR) is 107 cm³/mol. The predicted octanol–water partition coefficient (Wildman–Crippen LogP) is 4.16. The lowest BCUT2D eigenvalue weighted by molar-refractivity contribution is -0.131. The average Bonchev–Trinajstić information content (AvgIpc) is 3.00. The number of benzene rings is 2. The highest BCUT2D eigenvalue weighted by Crippen LogP contribution is 2.24. The molecule has 3 aromatic rings. The molecule has 144 valence electrons. The van der Waals surface area contributed by atoms with Crippen LogP contribution >= 0.6 is 11.6 Å². The van der Waals surface area contributed by atoms with E-state index in [0.717, 1.165) is 28.9 Å². The molecule has 0 aliphatic carbocycles. The summed E-state index contributed by atoms with van der Waals surface area (Å²) in [5, 5.41) is 4.98. The highest BCUT2D eigenvalue weighted by molar-refractivity contribution is 6.30. The van der Waals surface area contributed by atoms with Crippen LogP contribution in [0.4, 0.5) is 4.39 Å². The lowest BCUT2D eigenvalue weighted by atomic mass is 10.0. The maximum Gasteiger partial charge on any atom is 0.227 e. The first-order valence-electron chi connectivity index (χ1n) is 9.32. The van der Waals surface area contributed by atoms with Gasteiger partial charge in [0, 0.05) is 17.1 Å². The molecule has 28 heavy (non-hydrogen) atoms. The number of amides is 1. The Hall–Kier alpha value is -2.66. The molecule has 0 spiro atoms. The Bertz CT molecular complexity index is 1020. The van der Waals surface area contributed by atoms with E-state index in [2.05, 4.69) is 5.10 Å². The molecule has 0 bridgehead atoms. The minimum atomic E-state index is -0.345. The maximum absolute atomic E-state index is 14.2. The standard InChI is InChI=1S/C22H21ClFN3O/c1-15-19-9-10-26(22(28)11-16-5-3-2-4-6-16)14-21(19)27(25-15)13-17-7-8-18(23)12-20(17)24/h2-8,12H,9-11,13-14H2,1H3. The van der Waals surface area contributed by atoms with E-state index in [0.29, 0.717) is 36.6 Å². The van der Waals surface area contributed by atoms with Gasteiger partial charge in [0.2, 0.25) is 5.91 Å². The second-order valence-corrected chi connectivity index (χ2v) is 7.57. The molecule has 0 saturated heterocycles. The Kier molecular flexibility index (Phi) is 5.18. The van der Waals surface area contributed by atoms with E-state index in [1.165, 1.54) is 6.07 Å². The van der Waals surface area contributed by atoms with Crippen LogP contribution in [-0.4, -0.2) is 27.1 Å². The fourth-order valence-electron chi connectivity index (χ4n) is 3.71. The number of hydrogen-bond acceptors (Lipinski definition) is 2. The summed E-state index contributed by atoms with van der Waals surface area (Å²) >= 11 is 5.85. The Balaban J connectivity index is 1.55. The van der Waals surface area contributed by atoms with E-state index in [-0.39, 0.29) is 11.7 Å². The first-order valence-corrected chi connectivity index (χ1v) is 9.70. The minimum Gasteiger partial charge on any atom is -0.336 e. The van der Waals surface area contributed by atoms with Gasteiger partial charge in [-0.15, -0.1) is 0 Å². The van der Waals surface area contributed by atoms with Crippen LogP contribution in [0.25, 0.3) is 0 Å². The van der Waals surface area contributed by atoms with E-state index in [1.54, 1.807) is 12.1 Å². The Morgan fingerprint density at radius 1 is 1.21 bits per heavy atom. The molecule has 0 saturated carbocycles. The van der Waals surface area contributed by atoms with Gasteiger partial charge in [-0.2, -0.15) is 5.10 Å². The van der Waals surface area contributed by atoms with Gasteiger partial charge in [-0.1, -0.05) is 48.0 Å². The number of rotatable bonds is 4. The summed E-state index contributed by atoms with van der Waals surface area (Å²) in [6, 6.07) is 14.4. The van der Waals surface area contributed by atoms with Crippen molar-refractivity contribution in [2.45, 2.75) is 32.9 Å². The van der Waals surface area contributed by atoms with E-state index >= 15 is 0 Å². The molecule has 1 amide bonds. The summed E-state index contributed by atoms with van der Waals surface area (Å²) < 4.78 is 16.1.